The van der Waals surface area contributed by atoms with E-state index in [9.17, 15) is 4.79 Å². The van der Waals surface area contributed by atoms with Crippen LogP contribution in [0, 0.1) is 0 Å². The number of guanidine groups is 1. The van der Waals surface area contributed by atoms with Crippen LogP contribution in [0.25, 0.3) is 0 Å². The predicted molar refractivity (Wildman–Crippen MR) is 65.8 cm³/mol. The van der Waals surface area contributed by atoms with Gasteiger partial charge >= 0.3 is 0 Å². The van der Waals surface area contributed by atoms with Crippen molar-refractivity contribution in [2.45, 2.75) is 64.3 Å². The summed E-state index contributed by atoms with van der Waals surface area (Å²) in [6, 6.07) is -0.384. The maximum absolute atomic E-state index is 11.8. The lowest BCUT2D eigenvalue weighted by Crippen LogP contribution is -2.47. The summed E-state index contributed by atoms with van der Waals surface area (Å²) >= 11 is 0. The third-order valence-corrected chi connectivity index (χ3v) is 2.89. The Hall–Kier alpha value is -1.10. The molecule has 0 aromatic rings. The quantitative estimate of drug-likeness (QED) is 0.711. The zero-order valence-electron chi connectivity index (χ0n) is 10.9. The summed E-state index contributed by atoms with van der Waals surface area (Å²) in [5.41, 5.74) is -0.106. The molecule has 2 rings (SSSR count). The van der Waals surface area contributed by atoms with Crippen molar-refractivity contribution in [1.82, 2.24) is 10.6 Å². The summed E-state index contributed by atoms with van der Waals surface area (Å²) in [4.78, 5) is 16.2. The molecule has 2 aliphatic heterocycles. The van der Waals surface area contributed by atoms with Crippen molar-refractivity contribution in [3.05, 3.63) is 0 Å². The van der Waals surface area contributed by atoms with Crippen LogP contribution in [-0.4, -0.2) is 35.7 Å². The highest BCUT2D eigenvalue weighted by molar-refractivity contribution is 6.05. The highest BCUT2D eigenvalue weighted by atomic mass is 16.5. The van der Waals surface area contributed by atoms with Crippen LogP contribution in [0.3, 0.4) is 0 Å². The summed E-state index contributed by atoms with van der Waals surface area (Å²) in [5.74, 6) is 0.506. The Morgan fingerprint density at radius 1 is 1.41 bits per heavy atom. The molecule has 0 saturated carbocycles. The van der Waals surface area contributed by atoms with E-state index in [1.165, 1.54) is 0 Å². The van der Waals surface area contributed by atoms with Gasteiger partial charge in [-0.05, 0) is 40.5 Å². The average Bonchev–Trinajstić information content (AvgIpc) is 2.70. The molecule has 96 valence electrons. The normalized spacial score (nSPS) is 33.5. The number of ether oxygens (including phenoxy) is 1. The first kappa shape index (κ1) is 12.4. The second-order valence-corrected chi connectivity index (χ2v) is 5.85. The first-order valence-corrected chi connectivity index (χ1v) is 6.17. The average molecular weight is 239 g/mol. The van der Waals surface area contributed by atoms with Gasteiger partial charge in [0.2, 0.25) is 0 Å². The van der Waals surface area contributed by atoms with Crippen molar-refractivity contribution >= 4 is 11.9 Å². The fourth-order valence-corrected chi connectivity index (χ4v) is 2.16. The van der Waals surface area contributed by atoms with Gasteiger partial charge in [0, 0.05) is 5.54 Å². The zero-order valence-corrected chi connectivity index (χ0v) is 10.9. The molecular formula is C12H21N3O2. The Morgan fingerprint density at radius 3 is 2.65 bits per heavy atom. The molecule has 0 bridgehead atoms. The number of nitrogens with zero attached hydrogens (tertiary/aromatic N) is 1. The lowest BCUT2D eigenvalue weighted by atomic mass is 10.1. The van der Waals surface area contributed by atoms with Crippen LogP contribution in [0.1, 0.15) is 40.5 Å². The molecule has 2 aliphatic rings. The monoisotopic (exact) mass is 239 g/mol. The molecule has 0 spiro atoms. The van der Waals surface area contributed by atoms with E-state index >= 15 is 0 Å². The van der Waals surface area contributed by atoms with Gasteiger partial charge in [0.15, 0.2) is 12.0 Å². The van der Waals surface area contributed by atoms with Crippen LogP contribution in [-0.2, 0) is 9.53 Å². The lowest BCUT2D eigenvalue weighted by Gasteiger charge is -2.21. The van der Waals surface area contributed by atoms with E-state index in [-0.39, 0.29) is 29.7 Å². The molecule has 17 heavy (non-hydrogen) atoms. The van der Waals surface area contributed by atoms with Crippen LogP contribution in [0.15, 0.2) is 4.99 Å². The molecular weight excluding hydrogens is 218 g/mol. The van der Waals surface area contributed by atoms with Gasteiger partial charge in [-0.15, -0.1) is 0 Å². The van der Waals surface area contributed by atoms with E-state index in [1.807, 2.05) is 27.7 Å². The number of carbonyl (C=O) groups is 1. The highest BCUT2D eigenvalue weighted by Gasteiger charge is 2.38. The summed E-state index contributed by atoms with van der Waals surface area (Å²) in [5, 5.41) is 5.95. The fraction of sp³-hybridized carbons (Fsp3) is 0.833. The van der Waals surface area contributed by atoms with Crippen molar-refractivity contribution in [3.8, 4) is 0 Å². The second-order valence-electron chi connectivity index (χ2n) is 5.85. The summed E-state index contributed by atoms with van der Waals surface area (Å²) in [6.07, 6.45) is 2.09. The fourth-order valence-electron chi connectivity index (χ4n) is 2.16. The minimum Gasteiger partial charge on any atom is -0.372 e. The van der Waals surface area contributed by atoms with Crippen molar-refractivity contribution in [1.29, 1.82) is 0 Å². The largest absolute Gasteiger partial charge is 0.372 e. The second kappa shape index (κ2) is 4.29. The minimum atomic E-state index is -0.384. The zero-order chi connectivity index (χ0) is 12.6. The maximum Gasteiger partial charge on any atom is 0.254 e. The van der Waals surface area contributed by atoms with Crippen LogP contribution in [0.2, 0.25) is 0 Å². The maximum atomic E-state index is 11.8. The standard InChI is InChI=1S/C12H21N3O2/c1-7-5-6-8(17-7)9-10(16)14-11(13-9)15-12(2,3)4/h7-9H,5-6H2,1-4H3,(H2,13,14,15,16). The molecule has 1 amide bonds. The smallest absolute Gasteiger partial charge is 0.254 e. The van der Waals surface area contributed by atoms with Crippen LogP contribution in [0.4, 0.5) is 0 Å². The lowest BCUT2D eigenvalue weighted by molar-refractivity contribution is -0.123. The molecule has 2 heterocycles. The van der Waals surface area contributed by atoms with Crippen molar-refractivity contribution in [2.24, 2.45) is 4.99 Å². The summed E-state index contributed by atoms with van der Waals surface area (Å²) < 4.78 is 5.70. The predicted octanol–water partition coefficient (Wildman–Crippen LogP) is 0.796. The summed E-state index contributed by atoms with van der Waals surface area (Å²) in [7, 11) is 0. The van der Waals surface area contributed by atoms with E-state index < -0.39 is 0 Å². The van der Waals surface area contributed by atoms with Gasteiger partial charge in [-0.1, -0.05) is 0 Å². The third-order valence-electron chi connectivity index (χ3n) is 2.89. The Morgan fingerprint density at radius 2 is 2.12 bits per heavy atom. The molecule has 5 nitrogen and oxygen atoms in total. The highest BCUT2D eigenvalue weighted by Crippen LogP contribution is 2.24. The molecule has 0 aliphatic carbocycles. The van der Waals surface area contributed by atoms with E-state index in [1.54, 1.807) is 0 Å². The van der Waals surface area contributed by atoms with Gasteiger partial charge in [-0.2, -0.15) is 0 Å². The third kappa shape index (κ3) is 2.97. The molecule has 1 fully saturated rings. The molecule has 0 aromatic heterocycles. The number of rotatable bonds is 1. The Balaban J connectivity index is 2.02. The number of hydrogen-bond donors (Lipinski definition) is 2. The number of hydrogen-bond acceptors (Lipinski definition) is 4. The van der Waals surface area contributed by atoms with Crippen molar-refractivity contribution < 1.29 is 9.53 Å². The Bertz CT molecular complexity index is 346. The molecule has 5 heteroatoms. The van der Waals surface area contributed by atoms with Crippen molar-refractivity contribution in [2.75, 3.05) is 0 Å². The molecule has 3 atom stereocenters. The van der Waals surface area contributed by atoms with Crippen LogP contribution >= 0.6 is 0 Å². The Kier molecular flexibility index (Phi) is 3.12. The van der Waals surface area contributed by atoms with Gasteiger partial charge in [-0.25, -0.2) is 4.99 Å². The molecule has 3 unspecified atom stereocenters. The molecule has 0 aromatic carbocycles. The minimum absolute atomic E-state index is 0.0594. The number of aliphatic imine (C=N–C) groups is 1. The SMILES string of the molecule is CC1CCC(C2N=C(NC(C)(C)C)NC2=O)O1. The van der Waals surface area contributed by atoms with Crippen LogP contribution < -0.4 is 10.6 Å². The van der Waals surface area contributed by atoms with Crippen molar-refractivity contribution in [3.63, 3.8) is 0 Å². The number of nitrogens with one attached hydrogen (secondary N) is 2. The van der Waals surface area contributed by atoms with Gasteiger partial charge in [0.05, 0.1) is 12.2 Å². The van der Waals surface area contributed by atoms with Gasteiger partial charge < -0.3 is 10.1 Å². The van der Waals surface area contributed by atoms with Gasteiger partial charge in [0.1, 0.15) is 0 Å². The van der Waals surface area contributed by atoms with Gasteiger partial charge in [-0.3, -0.25) is 10.1 Å². The molecule has 2 N–H and O–H groups in total. The number of amides is 1. The molecule has 0 radical (unpaired) electrons. The van der Waals surface area contributed by atoms with Crippen LogP contribution in [0.5, 0.6) is 0 Å². The first-order valence-electron chi connectivity index (χ1n) is 6.17. The Labute approximate surface area is 102 Å². The number of carbonyl (C=O) groups excluding carboxylic acids is 1. The van der Waals surface area contributed by atoms with E-state index in [0.29, 0.717) is 5.96 Å². The first-order chi connectivity index (χ1) is 7.85. The van der Waals surface area contributed by atoms with Gasteiger partial charge in [0.25, 0.3) is 5.91 Å². The van der Waals surface area contributed by atoms with E-state index in [2.05, 4.69) is 15.6 Å². The van der Waals surface area contributed by atoms with E-state index in [4.69, 9.17) is 4.74 Å². The summed E-state index contributed by atoms with van der Waals surface area (Å²) in [6.45, 7) is 8.13. The van der Waals surface area contributed by atoms with E-state index in [0.717, 1.165) is 12.8 Å². The molecule has 1 saturated heterocycles. The topological polar surface area (TPSA) is 62.7 Å².